The highest BCUT2D eigenvalue weighted by molar-refractivity contribution is 6.02. The van der Waals surface area contributed by atoms with Gasteiger partial charge in [-0.3, -0.25) is 14.2 Å². The third-order valence-electron chi connectivity index (χ3n) is 7.10. The second kappa shape index (κ2) is 10.9. The Labute approximate surface area is 227 Å². The predicted molar refractivity (Wildman–Crippen MR) is 155 cm³/mol. The number of carbonyl (C=O) groups is 1. The van der Waals surface area contributed by atoms with Crippen LogP contribution in [0.5, 0.6) is 0 Å². The lowest BCUT2D eigenvalue weighted by atomic mass is 9.99. The lowest BCUT2D eigenvalue weighted by Gasteiger charge is -2.35. The highest BCUT2D eigenvalue weighted by Crippen LogP contribution is 2.32. The molecule has 0 aliphatic carbocycles. The molecule has 0 saturated carbocycles. The molecule has 2 N–H and O–H groups in total. The largest absolute Gasteiger partial charge is 0.448 e. The molecule has 1 atom stereocenters. The summed E-state index contributed by atoms with van der Waals surface area (Å²) < 4.78 is 7.71. The van der Waals surface area contributed by atoms with Crippen molar-refractivity contribution in [2.24, 2.45) is 11.7 Å². The Kier molecular flexibility index (Phi) is 7.35. The minimum Gasteiger partial charge on any atom is -0.448 e. The first-order valence-electron chi connectivity index (χ1n) is 13.3. The average molecular weight is 523 g/mol. The van der Waals surface area contributed by atoms with Crippen LogP contribution in [0, 0.1) is 19.8 Å². The van der Waals surface area contributed by atoms with E-state index in [4.69, 9.17) is 15.1 Å². The van der Waals surface area contributed by atoms with Gasteiger partial charge >= 0.3 is 0 Å². The summed E-state index contributed by atoms with van der Waals surface area (Å²) in [5, 5.41) is 0.785. The fraction of sp³-hybridized carbons (Fsp3) is 0.281. The van der Waals surface area contributed by atoms with E-state index in [-0.39, 0.29) is 29.5 Å². The summed E-state index contributed by atoms with van der Waals surface area (Å²) >= 11 is 0. The minimum atomic E-state index is -0.502. The van der Waals surface area contributed by atoms with Crippen LogP contribution in [0.3, 0.4) is 0 Å². The summed E-state index contributed by atoms with van der Waals surface area (Å²) in [5.41, 5.74) is 10.8. The molecule has 0 bridgehead atoms. The first-order chi connectivity index (χ1) is 18.8. The van der Waals surface area contributed by atoms with Gasteiger partial charge in [0, 0.05) is 24.0 Å². The average Bonchev–Trinajstić information content (AvgIpc) is 3.29. The maximum atomic E-state index is 14.1. The highest BCUT2D eigenvalue weighted by atomic mass is 16.3. The normalized spacial score (nSPS) is 12.4. The number of aryl methyl sites for hydroxylation is 2. The van der Waals surface area contributed by atoms with Crippen LogP contribution in [0.1, 0.15) is 52.8 Å². The zero-order chi connectivity index (χ0) is 27.7. The lowest BCUT2D eigenvalue weighted by Crippen LogP contribution is -2.43. The first kappa shape index (κ1) is 26.4. The quantitative estimate of drug-likeness (QED) is 0.286. The molecule has 1 amide bonds. The molecule has 2 aromatic heterocycles. The van der Waals surface area contributed by atoms with E-state index in [1.54, 1.807) is 9.47 Å². The molecule has 7 nitrogen and oxygen atoms in total. The standard InChI is InChI=1S/C32H34N4O3/c1-20(2)28(35(17-16-33)31(37)24-13-10-21(3)11-14-24)30-34-27-25-18-22(4)12-15-26(25)39-29(27)32(38)36(30)19-23-8-6-5-7-9-23/h5-15,18,20,28H,16-17,19,33H2,1-4H3. The van der Waals surface area contributed by atoms with E-state index in [2.05, 4.69) is 0 Å². The van der Waals surface area contributed by atoms with Crippen molar-refractivity contribution < 1.29 is 9.21 Å². The van der Waals surface area contributed by atoms with Crippen molar-refractivity contribution in [2.45, 2.75) is 40.3 Å². The molecule has 1 unspecified atom stereocenters. The Morgan fingerprint density at radius 2 is 1.69 bits per heavy atom. The number of nitrogens with zero attached hydrogens (tertiary/aromatic N) is 3. The van der Waals surface area contributed by atoms with Crippen molar-refractivity contribution in [1.82, 2.24) is 14.5 Å². The summed E-state index contributed by atoms with van der Waals surface area (Å²) in [7, 11) is 0. The van der Waals surface area contributed by atoms with Gasteiger partial charge in [-0.15, -0.1) is 0 Å². The molecule has 0 aliphatic rings. The van der Waals surface area contributed by atoms with Crippen LogP contribution in [0.4, 0.5) is 0 Å². The SMILES string of the molecule is Cc1ccc(C(=O)N(CCN)C(c2nc3c(oc4ccc(C)cc43)c(=O)n2Cc2ccccc2)C(C)C)cc1. The number of fused-ring (bicyclic) bond motifs is 3. The molecule has 3 aromatic carbocycles. The van der Waals surface area contributed by atoms with Gasteiger partial charge in [-0.1, -0.05) is 73.5 Å². The van der Waals surface area contributed by atoms with Crippen molar-refractivity contribution in [2.75, 3.05) is 13.1 Å². The summed E-state index contributed by atoms with van der Waals surface area (Å²) in [4.78, 5) is 34.9. The van der Waals surface area contributed by atoms with Crippen LogP contribution >= 0.6 is 0 Å². The topological polar surface area (TPSA) is 94.4 Å². The van der Waals surface area contributed by atoms with E-state index in [1.807, 2.05) is 100 Å². The number of aromatic nitrogens is 2. The van der Waals surface area contributed by atoms with Crippen LogP contribution in [0.15, 0.2) is 82.0 Å². The highest BCUT2D eigenvalue weighted by Gasteiger charge is 2.33. The van der Waals surface area contributed by atoms with Crippen molar-refractivity contribution in [3.8, 4) is 0 Å². The number of amides is 1. The zero-order valence-corrected chi connectivity index (χ0v) is 22.8. The maximum absolute atomic E-state index is 14.1. The maximum Gasteiger partial charge on any atom is 0.297 e. The molecule has 5 rings (SSSR count). The predicted octanol–water partition coefficient (Wildman–Crippen LogP) is 5.61. The van der Waals surface area contributed by atoms with Gasteiger partial charge in [-0.05, 0) is 49.6 Å². The second-order valence-electron chi connectivity index (χ2n) is 10.5. The van der Waals surface area contributed by atoms with Gasteiger partial charge in [0.2, 0.25) is 5.58 Å². The number of furan rings is 1. The fourth-order valence-corrected chi connectivity index (χ4v) is 5.17. The Morgan fingerprint density at radius 3 is 2.36 bits per heavy atom. The van der Waals surface area contributed by atoms with Gasteiger partial charge in [-0.25, -0.2) is 4.98 Å². The summed E-state index contributed by atoms with van der Waals surface area (Å²) in [5.74, 6) is 0.314. The third-order valence-corrected chi connectivity index (χ3v) is 7.10. The number of benzene rings is 3. The molecule has 0 fully saturated rings. The molecule has 0 radical (unpaired) electrons. The number of carbonyl (C=O) groups excluding carboxylic acids is 1. The molecule has 7 heteroatoms. The van der Waals surface area contributed by atoms with Gasteiger partial charge in [0.25, 0.3) is 11.5 Å². The Morgan fingerprint density at radius 1 is 1.00 bits per heavy atom. The zero-order valence-electron chi connectivity index (χ0n) is 22.8. The van der Waals surface area contributed by atoms with Crippen molar-refractivity contribution in [1.29, 1.82) is 0 Å². The van der Waals surface area contributed by atoms with E-state index in [0.717, 1.165) is 22.1 Å². The lowest BCUT2D eigenvalue weighted by molar-refractivity contribution is 0.0612. The number of nitrogens with two attached hydrogens (primary N) is 1. The van der Waals surface area contributed by atoms with E-state index in [9.17, 15) is 9.59 Å². The Hall–Kier alpha value is -4.23. The van der Waals surface area contributed by atoms with Crippen LogP contribution in [-0.4, -0.2) is 33.4 Å². The van der Waals surface area contributed by atoms with Gasteiger partial charge in [0.05, 0.1) is 12.6 Å². The van der Waals surface area contributed by atoms with Crippen LogP contribution < -0.4 is 11.3 Å². The van der Waals surface area contributed by atoms with E-state index in [1.165, 1.54) is 0 Å². The van der Waals surface area contributed by atoms with Crippen molar-refractivity contribution >= 4 is 28.0 Å². The number of hydrogen-bond acceptors (Lipinski definition) is 5. The molecule has 0 spiro atoms. The molecule has 2 heterocycles. The molecule has 39 heavy (non-hydrogen) atoms. The monoisotopic (exact) mass is 522 g/mol. The van der Waals surface area contributed by atoms with Gasteiger partial charge in [-0.2, -0.15) is 0 Å². The number of rotatable bonds is 8. The molecular weight excluding hydrogens is 488 g/mol. The Balaban J connectivity index is 1.76. The molecule has 5 aromatic rings. The van der Waals surface area contributed by atoms with E-state index < -0.39 is 6.04 Å². The molecule has 200 valence electrons. The smallest absolute Gasteiger partial charge is 0.297 e. The van der Waals surface area contributed by atoms with Crippen molar-refractivity contribution in [3.05, 3.63) is 111 Å². The van der Waals surface area contributed by atoms with Gasteiger partial charge < -0.3 is 15.1 Å². The van der Waals surface area contributed by atoms with E-state index in [0.29, 0.717) is 35.6 Å². The summed E-state index contributed by atoms with van der Waals surface area (Å²) in [6.07, 6.45) is 0. The van der Waals surface area contributed by atoms with Crippen LogP contribution in [0.2, 0.25) is 0 Å². The van der Waals surface area contributed by atoms with E-state index >= 15 is 0 Å². The first-order valence-corrected chi connectivity index (χ1v) is 13.3. The Bertz CT molecular complexity index is 1680. The third kappa shape index (κ3) is 5.10. The van der Waals surface area contributed by atoms with Gasteiger partial charge in [0.1, 0.15) is 16.9 Å². The summed E-state index contributed by atoms with van der Waals surface area (Å²) in [6, 6.07) is 22.6. The summed E-state index contributed by atoms with van der Waals surface area (Å²) in [6.45, 7) is 8.96. The minimum absolute atomic E-state index is 0.0581. The number of hydrogen-bond donors (Lipinski definition) is 1. The van der Waals surface area contributed by atoms with Crippen LogP contribution in [-0.2, 0) is 6.54 Å². The molecular formula is C32H34N4O3. The van der Waals surface area contributed by atoms with Gasteiger partial charge in [0.15, 0.2) is 0 Å². The molecule has 0 aliphatic heterocycles. The van der Waals surface area contributed by atoms with Crippen molar-refractivity contribution in [3.63, 3.8) is 0 Å². The molecule has 0 saturated heterocycles. The van der Waals surface area contributed by atoms with Crippen LogP contribution in [0.25, 0.3) is 22.1 Å². The second-order valence-corrected chi connectivity index (χ2v) is 10.5. The fourth-order valence-electron chi connectivity index (χ4n) is 5.17.